The zero-order valence-corrected chi connectivity index (χ0v) is 15.8. The van der Waals surface area contributed by atoms with Gasteiger partial charge in [0.25, 0.3) is 11.8 Å². The average Bonchev–Trinajstić information content (AvgIpc) is 3.29. The molecule has 5 nitrogen and oxygen atoms in total. The molecule has 26 heavy (non-hydrogen) atoms. The first-order chi connectivity index (χ1) is 12.5. The van der Waals surface area contributed by atoms with Crippen LogP contribution in [0.3, 0.4) is 0 Å². The number of benzene rings is 1. The molecule has 1 saturated heterocycles. The highest BCUT2D eigenvalue weighted by Crippen LogP contribution is 2.49. The zero-order valence-electron chi connectivity index (χ0n) is 15.0. The first-order valence-corrected chi connectivity index (χ1v) is 9.71. The summed E-state index contributed by atoms with van der Waals surface area (Å²) < 4.78 is 6.38. The van der Waals surface area contributed by atoms with Crippen LogP contribution in [0.1, 0.15) is 39.7 Å². The highest BCUT2D eigenvalue weighted by molar-refractivity contribution is 7.12. The fourth-order valence-electron chi connectivity index (χ4n) is 3.93. The molecular formula is C20H22N2O3S. The largest absolute Gasteiger partial charge is 0.352 e. The van der Waals surface area contributed by atoms with Gasteiger partial charge in [0.15, 0.2) is 6.10 Å². The summed E-state index contributed by atoms with van der Waals surface area (Å²) in [5.41, 5.74) is 1.59. The maximum Gasteiger partial charge on any atom is 0.263 e. The van der Waals surface area contributed by atoms with Gasteiger partial charge in [-0.2, -0.15) is 0 Å². The highest BCUT2D eigenvalue weighted by atomic mass is 32.1. The Hall–Kier alpha value is -2.18. The van der Waals surface area contributed by atoms with Gasteiger partial charge in [0.05, 0.1) is 10.5 Å². The van der Waals surface area contributed by atoms with Gasteiger partial charge in [0.1, 0.15) is 0 Å². The van der Waals surface area contributed by atoms with E-state index in [1.54, 1.807) is 19.0 Å². The number of rotatable bonds is 2. The number of likely N-dealkylation sites (tertiary alicyclic amines) is 1. The smallest absolute Gasteiger partial charge is 0.263 e. The van der Waals surface area contributed by atoms with E-state index in [0.717, 1.165) is 16.0 Å². The molecule has 0 unspecified atom stereocenters. The molecule has 1 atom stereocenters. The van der Waals surface area contributed by atoms with Gasteiger partial charge in [-0.3, -0.25) is 9.59 Å². The minimum Gasteiger partial charge on any atom is -0.352 e. The van der Waals surface area contributed by atoms with E-state index in [0.29, 0.717) is 25.9 Å². The molecule has 1 aromatic heterocycles. The second kappa shape index (κ2) is 6.52. The lowest BCUT2D eigenvalue weighted by molar-refractivity contribution is -0.157. The number of piperidine rings is 1. The van der Waals surface area contributed by atoms with Gasteiger partial charge in [-0.15, -0.1) is 11.3 Å². The number of carbonyl (C=O) groups excluding carboxylic acids is 2. The van der Waals surface area contributed by atoms with Gasteiger partial charge in [0, 0.05) is 27.2 Å². The monoisotopic (exact) mass is 370 g/mol. The third-order valence-corrected chi connectivity index (χ3v) is 6.19. The van der Waals surface area contributed by atoms with E-state index in [2.05, 4.69) is 6.07 Å². The van der Waals surface area contributed by atoms with Crippen LogP contribution in [0.25, 0.3) is 0 Å². The number of hydrogen-bond acceptors (Lipinski definition) is 4. The number of amides is 2. The Morgan fingerprint density at radius 2 is 1.88 bits per heavy atom. The average molecular weight is 370 g/mol. The van der Waals surface area contributed by atoms with E-state index in [1.807, 2.05) is 40.6 Å². The van der Waals surface area contributed by atoms with Crippen LogP contribution in [0.5, 0.6) is 0 Å². The number of fused-ring (bicyclic) bond motifs is 2. The number of likely N-dealkylation sites (N-methyl/N-ethyl adjacent to an activating group) is 1. The summed E-state index contributed by atoms with van der Waals surface area (Å²) in [6.07, 6.45) is 0.859. The molecule has 0 aliphatic carbocycles. The predicted octanol–water partition coefficient (Wildman–Crippen LogP) is 3.04. The van der Waals surface area contributed by atoms with Crippen molar-refractivity contribution in [2.75, 3.05) is 27.2 Å². The van der Waals surface area contributed by atoms with Crippen molar-refractivity contribution < 1.29 is 14.3 Å². The van der Waals surface area contributed by atoms with E-state index in [1.165, 1.54) is 11.3 Å². The summed E-state index contributed by atoms with van der Waals surface area (Å²) in [7, 11) is 3.50. The fourth-order valence-corrected chi connectivity index (χ4v) is 4.62. The lowest BCUT2D eigenvalue weighted by Gasteiger charge is -2.39. The topological polar surface area (TPSA) is 49.9 Å². The summed E-state index contributed by atoms with van der Waals surface area (Å²) in [6, 6.07) is 11.8. The van der Waals surface area contributed by atoms with Crippen molar-refractivity contribution in [2.24, 2.45) is 0 Å². The third-order valence-electron chi connectivity index (χ3n) is 5.33. The molecule has 1 spiro atoms. The van der Waals surface area contributed by atoms with Gasteiger partial charge >= 0.3 is 0 Å². The van der Waals surface area contributed by atoms with Gasteiger partial charge in [-0.25, -0.2) is 0 Å². The number of thiophene rings is 1. The van der Waals surface area contributed by atoms with E-state index in [4.69, 9.17) is 4.74 Å². The molecule has 2 aromatic rings. The van der Waals surface area contributed by atoms with Crippen molar-refractivity contribution >= 4 is 23.2 Å². The molecule has 3 heterocycles. The third kappa shape index (κ3) is 2.73. The Morgan fingerprint density at radius 1 is 1.15 bits per heavy atom. The van der Waals surface area contributed by atoms with Crippen LogP contribution < -0.4 is 0 Å². The van der Waals surface area contributed by atoms with Crippen molar-refractivity contribution in [3.8, 4) is 0 Å². The van der Waals surface area contributed by atoms with Gasteiger partial charge in [0.2, 0.25) is 0 Å². The Morgan fingerprint density at radius 3 is 2.54 bits per heavy atom. The van der Waals surface area contributed by atoms with Crippen LogP contribution in [0, 0.1) is 0 Å². The van der Waals surface area contributed by atoms with Gasteiger partial charge in [-0.05, 0) is 35.4 Å². The highest BCUT2D eigenvalue weighted by Gasteiger charge is 2.49. The minimum atomic E-state index is -0.555. The van der Waals surface area contributed by atoms with E-state index < -0.39 is 11.7 Å². The van der Waals surface area contributed by atoms with E-state index >= 15 is 0 Å². The van der Waals surface area contributed by atoms with E-state index in [-0.39, 0.29) is 11.8 Å². The quantitative estimate of drug-likeness (QED) is 0.816. The minimum absolute atomic E-state index is 0.0357. The number of ether oxygens (including phenoxy) is 1. The van der Waals surface area contributed by atoms with Crippen molar-refractivity contribution in [3.05, 3.63) is 57.8 Å². The van der Waals surface area contributed by atoms with Gasteiger partial charge < -0.3 is 14.5 Å². The Balaban J connectivity index is 1.57. The van der Waals surface area contributed by atoms with Crippen LogP contribution in [0.15, 0.2) is 41.8 Å². The van der Waals surface area contributed by atoms with E-state index in [9.17, 15) is 9.59 Å². The second-order valence-electron chi connectivity index (χ2n) is 7.08. The molecular weight excluding hydrogens is 348 g/mol. The maximum atomic E-state index is 12.6. The predicted molar refractivity (Wildman–Crippen MR) is 100 cm³/mol. The molecule has 0 bridgehead atoms. The van der Waals surface area contributed by atoms with Gasteiger partial charge in [-0.1, -0.05) is 30.3 Å². The van der Waals surface area contributed by atoms with Crippen LogP contribution >= 0.6 is 11.3 Å². The summed E-state index contributed by atoms with van der Waals surface area (Å²) in [6.45, 7) is 1.27. The lowest BCUT2D eigenvalue weighted by Crippen LogP contribution is -2.45. The van der Waals surface area contributed by atoms with Crippen LogP contribution in [0.2, 0.25) is 0 Å². The molecule has 136 valence electrons. The van der Waals surface area contributed by atoms with Crippen molar-refractivity contribution in [1.29, 1.82) is 0 Å². The first-order valence-electron chi connectivity index (χ1n) is 8.83. The number of nitrogens with zero attached hydrogens (tertiary/aromatic N) is 2. The molecule has 6 heteroatoms. The molecule has 1 aromatic carbocycles. The van der Waals surface area contributed by atoms with Crippen LogP contribution in [-0.2, 0) is 15.1 Å². The van der Waals surface area contributed by atoms with Crippen molar-refractivity contribution in [1.82, 2.24) is 9.80 Å². The molecule has 2 amide bonds. The Labute approximate surface area is 157 Å². The molecule has 2 aliphatic heterocycles. The Kier molecular flexibility index (Phi) is 4.32. The summed E-state index contributed by atoms with van der Waals surface area (Å²) in [5.74, 6) is 0.0495. The summed E-state index contributed by atoms with van der Waals surface area (Å²) >= 11 is 1.47. The maximum absolute atomic E-state index is 12.6. The standard InChI is InChI=1S/C20H22N2O3S/c1-21(2)19(24)17-14-6-3-4-7-15(14)20(25-17)9-11-22(12-10-20)18(23)16-8-5-13-26-16/h3-8,13,17H,9-12H2,1-2H3/t17-/m1/s1. The second-order valence-corrected chi connectivity index (χ2v) is 8.03. The van der Waals surface area contributed by atoms with Crippen LogP contribution in [-0.4, -0.2) is 48.8 Å². The fraction of sp³-hybridized carbons (Fsp3) is 0.400. The van der Waals surface area contributed by atoms with Crippen molar-refractivity contribution in [3.63, 3.8) is 0 Å². The molecule has 0 N–H and O–H groups in total. The Bertz CT molecular complexity index is 823. The molecule has 0 saturated carbocycles. The van der Waals surface area contributed by atoms with Crippen molar-refractivity contribution in [2.45, 2.75) is 24.5 Å². The van der Waals surface area contributed by atoms with Crippen LogP contribution in [0.4, 0.5) is 0 Å². The normalized spacial score (nSPS) is 20.8. The first kappa shape index (κ1) is 17.2. The SMILES string of the molecule is CN(C)C(=O)[C@@H]1OC2(CCN(C(=O)c3cccs3)CC2)c2ccccc21. The molecule has 4 rings (SSSR count). The molecule has 0 radical (unpaired) electrons. The molecule has 2 aliphatic rings. The molecule has 1 fully saturated rings. The summed E-state index contributed by atoms with van der Waals surface area (Å²) in [5, 5.41) is 1.92. The number of hydrogen-bond donors (Lipinski definition) is 0. The number of carbonyl (C=O) groups is 2. The lowest BCUT2D eigenvalue weighted by atomic mass is 9.83. The summed E-state index contributed by atoms with van der Waals surface area (Å²) in [4.78, 5) is 29.5. The zero-order chi connectivity index (χ0) is 18.3.